The Morgan fingerprint density at radius 2 is 2.00 bits per heavy atom. The first kappa shape index (κ1) is 14.6. The fourth-order valence-electron chi connectivity index (χ4n) is 2.60. The highest BCUT2D eigenvalue weighted by molar-refractivity contribution is 7.99. The Morgan fingerprint density at radius 3 is 2.63 bits per heavy atom. The van der Waals surface area contributed by atoms with Gasteiger partial charge in [-0.25, -0.2) is 0 Å². The molecule has 0 aromatic heterocycles. The summed E-state index contributed by atoms with van der Waals surface area (Å²) in [6.07, 6.45) is 1.08. The Kier molecular flexibility index (Phi) is 5.08. The summed E-state index contributed by atoms with van der Waals surface area (Å²) in [5.41, 5.74) is 0.921. The van der Waals surface area contributed by atoms with Gasteiger partial charge in [0.1, 0.15) is 5.44 Å². The van der Waals surface area contributed by atoms with Crippen LogP contribution in [0.5, 0.6) is 0 Å². The minimum atomic E-state index is -0.0255. The predicted octanol–water partition coefficient (Wildman–Crippen LogP) is 3.71. The van der Waals surface area contributed by atoms with Crippen molar-refractivity contribution < 1.29 is 9.84 Å². The van der Waals surface area contributed by atoms with E-state index in [0.29, 0.717) is 11.8 Å². The summed E-state index contributed by atoms with van der Waals surface area (Å²) in [4.78, 5) is 1.22. The van der Waals surface area contributed by atoms with Crippen molar-refractivity contribution in [3.05, 3.63) is 42.5 Å². The number of hydrogen-bond acceptors (Lipinski definition) is 3. The number of aliphatic hydroxyl groups is 1. The molecule has 3 heteroatoms. The third-order valence-electron chi connectivity index (χ3n) is 3.61. The molecule has 2 rings (SSSR count). The molecule has 1 aliphatic heterocycles. The molecule has 0 amide bonds. The second kappa shape index (κ2) is 6.60. The molecule has 1 N–H and O–H groups in total. The average Bonchev–Trinajstić information content (AvgIpc) is 2.42. The van der Waals surface area contributed by atoms with E-state index in [1.165, 1.54) is 4.90 Å². The molecule has 19 heavy (non-hydrogen) atoms. The van der Waals surface area contributed by atoms with Crippen LogP contribution in [0.4, 0.5) is 0 Å². The van der Waals surface area contributed by atoms with E-state index in [1.807, 2.05) is 18.2 Å². The fourth-order valence-corrected chi connectivity index (χ4v) is 3.70. The third kappa shape index (κ3) is 3.62. The average molecular weight is 278 g/mol. The van der Waals surface area contributed by atoms with Gasteiger partial charge in [-0.2, -0.15) is 0 Å². The summed E-state index contributed by atoms with van der Waals surface area (Å²) < 4.78 is 6.17. The largest absolute Gasteiger partial charge is 0.392 e. The van der Waals surface area contributed by atoms with Crippen molar-refractivity contribution in [1.82, 2.24) is 0 Å². The van der Waals surface area contributed by atoms with Gasteiger partial charge >= 0.3 is 0 Å². The van der Waals surface area contributed by atoms with Gasteiger partial charge in [0.2, 0.25) is 0 Å². The Bertz CT molecular complexity index is 418. The van der Waals surface area contributed by atoms with E-state index in [1.54, 1.807) is 11.8 Å². The van der Waals surface area contributed by atoms with Crippen LogP contribution in [0.25, 0.3) is 0 Å². The number of thioether (sulfide) groups is 1. The Morgan fingerprint density at radius 1 is 1.32 bits per heavy atom. The number of benzene rings is 1. The first-order chi connectivity index (χ1) is 9.11. The monoisotopic (exact) mass is 278 g/mol. The molecule has 1 fully saturated rings. The lowest BCUT2D eigenvalue weighted by Crippen LogP contribution is -2.39. The fraction of sp³-hybridized carbons (Fsp3) is 0.500. The van der Waals surface area contributed by atoms with E-state index < -0.39 is 0 Å². The van der Waals surface area contributed by atoms with Gasteiger partial charge in [0, 0.05) is 4.90 Å². The quantitative estimate of drug-likeness (QED) is 0.851. The lowest BCUT2D eigenvalue weighted by atomic mass is 9.87. The van der Waals surface area contributed by atoms with Crippen LogP contribution < -0.4 is 0 Å². The summed E-state index contributed by atoms with van der Waals surface area (Å²) in [6.45, 7) is 8.34. The SMILES string of the molecule is C=C(CO)[C@H]1O[C@@H](Sc2ccccc2)[C@H](C)C[C@@H]1C. The van der Waals surface area contributed by atoms with Crippen LogP contribution in [0.3, 0.4) is 0 Å². The molecule has 1 aromatic rings. The summed E-state index contributed by atoms with van der Waals surface area (Å²) >= 11 is 1.76. The number of ether oxygens (including phenoxy) is 1. The van der Waals surface area contributed by atoms with Crippen LogP contribution >= 0.6 is 11.8 Å². The number of aliphatic hydroxyl groups excluding tert-OH is 1. The Labute approximate surface area is 119 Å². The topological polar surface area (TPSA) is 29.5 Å². The normalized spacial score (nSPS) is 31.1. The highest BCUT2D eigenvalue weighted by atomic mass is 32.2. The summed E-state index contributed by atoms with van der Waals surface area (Å²) in [7, 11) is 0. The predicted molar refractivity (Wildman–Crippen MR) is 80.1 cm³/mol. The summed E-state index contributed by atoms with van der Waals surface area (Å²) in [5.74, 6) is 0.922. The Hall–Kier alpha value is -0.770. The van der Waals surface area contributed by atoms with E-state index in [0.717, 1.165) is 12.0 Å². The van der Waals surface area contributed by atoms with Gasteiger partial charge < -0.3 is 9.84 Å². The maximum atomic E-state index is 9.26. The van der Waals surface area contributed by atoms with Crippen molar-refractivity contribution in [3.63, 3.8) is 0 Å². The van der Waals surface area contributed by atoms with Crippen LogP contribution in [0.15, 0.2) is 47.4 Å². The molecule has 1 heterocycles. The molecule has 0 saturated carbocycles. The molecule has 0 unspecified atom stereocenters. The van der Waals surface area contributed by atoms with Gasteiger partial charge in [-0.3, -0.25) is 0 Å². The van der Waals surface area contributed by atoms with E-state index in [4.69, 9.17) is 4.74 Å². The zero-order valence-electron chi connectivity index (χ0n) is 11.6. The lowest BCUT2D eigenvalue weighted by molar-refractivity contribution is -0.0484. The van der Waals surface area contributed by atoms with E-state index >= 15 is 0 Å². The van der Waals surface area contributed by atoms with Crippen molar-refractivity contribution in [2.24, 2.45) is 11.8 Å². The third-order valence-corrected chi connectivity index (χ3v) is 4.96. The second-order valence-electron chi connectivity index (χ2n) is 5.36. The van der Waals surface area contributed by atoms with Crippen LogP contribution in [-0.2, 0) is 4.74 Å². The smallest absolute Gasteiger partial charge is 0.111 e. The first-order valence-corrected chi connectivity index (χ1v) is 7.65. The molecule has 0 aliphatic carbocycles. The van der Waals surface area contributed by atoms with Gasteiger partial charge in [0.15, 0.2) is 0 Å². The molecule has 104 valence electrons. The molecule has 0 spiro atoms. The van der Waals surface area contributed by atoms with Crippen LogP contribution in [0.1, 0.15) is 20.3 Å². The first-order valence-electron chi connectivity index (χ1n) is 6.77. The molecular formula is C16H22O2S. The van der Waals surface area contributed by atoms with Crippen LogP contribution in [0.2, 0.25) is 0 Å². The molecule has 2 nitrogen and oxygen atoms in total. The highest BCUT2D eigenvalue weighted by Crippen LogP contribution is 2.39. The molecule has 1 aliphatic rings. The van der Waals surface area contributed by atoms with E-state index in [9.17, 15) is 5.11 Å². The zero-order valence-corrected chi connectivity index (χ0v) is 12.4. The zero-order chi connectivity index (χ0) is 13.8. The van der Waals surface area contributed by atoms with Crippen molar-refractivity contribution in [1.29, 1.82) is 0 Å². The van der Waals surface area contributed by atoms with Gasteiger partial charge in [-0.05, 0) is 36.0 Å². The summed E-state index contributed by atoms with van der Waals surface area (Å²) in [6, 6.07) is 10.3. The standard InChI is InChI=1S/C16H22O2S/c1-11-9-12(2)16(18-15(11)13(3)10-17)19-14-7-5-4-6-8-14/h4-8,11-12,15-17H,3,9-10H2,1-2H3/t11-,12+,15-,16-/m0/s1. The van der Waals surface area contributed by atoms with Gasteiger partial charge in [-0.1, -0.05) is 50.4 Å². The molecule has 0 bridgehead atoms. The number of hydrogen-bond donors (Lipinski definition) is 1. The molecule has 0 radical (unpaired) electrons. The molecule has 1 saturated heterocycles. The minimum absolute atomic E-state index is 0.00606. The van der Waals surface area contributed by atoms with Crippen molar-refractivity contribution >= 4 is 11.8 Å². The van der Waals surface area contributed by atoms with Gasteiger partial charge in [-0.15, -0.1) is 0 Å². The van der Waals surface area contributed by atoms with Crippen molar-refractivity contribution in [2.75, 3.05) is 6.61 Å². The molecular weight excluding hydrogens is 256 g/mol. The Balaban J connectivity index is 2.05. The maximum Gasteiger partial charge on any atom is 0.111 e. The van der Waals surface area contributed by atoms with Gasteiger partial charge in [0.25, 0.3) is 0 Å². The van der Waals surface area contributed by atoms with Crippen LogP contribution in [-0.4, -0.2) is 23.3 Å². The van der Waals surface area contributed by atoms with Crippen molar-refractivity contribution in [3.8, 4) is 0 Å². The number of rotatable bonds is 4. The lowest BCUT2D eigenvalue weighted by Gasteiger charge is -2.39. The highest BCUT2D eigenvalue weighted by Gasteiger charge is 2.35. The van der Waals surface area contributed by atoms with E-state index in [-0.39, 0.29) is 18.1 Å². The second-order valence-corrected chi connectivity index (χ2v) is 6.53. The summed E-state index contributed by atoms with van der Waals surface area (Å²) in [5, 5.41) is 9.26. The van der Waals surface area contributed by atoms with Crippen LogP contribution in [0, 0.1) is 11.8 Å². The van der Waals surface area contributed by atoms with Gasteiger partial charge in [0.05, 0.1) is 12.7 Å². The van der Waals surface area contributed by atoms with E-state index in [2.05, 4.69) is 32.6 Å². The molecule has 1 aromatic carbocycles. The maximum absolute atomic E-state index is 9.26. The minimum Gasteiger partial charge on any atom is -0.392 e. The molecule has 4 atom stereocenters. The van der Waals surface area contributed by atoms with Crippen molar-refractivity contribution in [2.45, 2.75) is 36.7 Å².